The Bertz CT molecular complexity index is 768. The Kier molecular flexibility index (Phi) is 5.03. The molecule has 2 aromatic heterocycles. The summed E-state index contributed by atoms with van der Waals surface area (Å²) in [6.07, 6.45) is 5.82. The summed E-state index contributed by atoms with van der Waals surface area (Å²) < 4.78 is 1.88. The Morgan fingerprint density at radius 3 is 2.46 bits per heavy atom. The zero-order valence-electron chi connectivity index (χ0n) is 13.2. The van der Waals surface area contributed by atoms with Gasteiger partial charge in [-0.1, -0.05) is 30.3 Å². The monoisotopic (exact) mass is 321 g/mol. The number of aliphatic hydroxyl groups is 1. The van der Waals surface area contributed by atoms with Crippen LogP contribution in [0.25, 0.3) is 5.82 Å². The number of hydrogen-bond donors (Lipinski definition) is 2. The lowest BCUT2D eigenvalue weighted by Crippen LogP contribution is -2.29. The smallest absolute Gasteiger partial charge is 0.253 e. The molecule has 0 saturated heterocycles. The number of hydrogen-bond acceptors (Lipinski definition) is 3. The molecule has 1 aromatic carbocycles. The quantitative estimate of drug-likeness (QED) is 0.733. The molecule has 24 heavy (non-hydrogen) atoms. The highest BCUT2D eigenvalue weighted by atomic mass is 16.3. The van der Waals surface area contributed by atoms with E-state index in [1.54, 1.807) is 18.3 Å². The molecule has 3 rings (SSSR count). The summed E-state index contributed by atoms with van der Waals surface area (Å²) in [4.78, 5) is 16.8. The lowest BCUT2D eigenvalue weighted by molar-refractivity contribution is 0.0929. The molecule has 0 aliphatic carbocycles. The molecule has 3 aromatic rings. The molecule has 2 N–H and O–H groups in total. The third-order valence-electron chi connectivity index (χ3n) is 3.80. The van der Waals surface area contributed by atoms with E-state index in [0.717, 1.165) is 11.4 Å². The second-order valence-electron chi connectivity index (χ2n) is 5.44. The molecule has 0 radical (unpaired) electrons. The van der Waals surface area contributed by atoms with E-state index in [0.29, 0.717) is 12.0 Å². The summed E-state index contributed by atoms with van der Waals surface area (Å²) in [7, 11) is 0. The molecule has 1 atom stereocenters. The first kappa shape index (κ1) is 16.0. The van der Waals surface area contributed by atoms with E-state index >= 15 is 0 Å². The van der Waals surface area contributed by atoms with Gasteiger partial charge in [-0.05, 0) is 36.2 Å². The van der Waals surface area contributed by atoms with Crippen molar-refractivity contribution in [2.75, 3.05) is 6.61 Å². The van der Waals surface area contributed by atoms with Crippen LogP contribution >= 0.6 is 0 Å². The van der Waals surface area contributed by atoms with Gasteiger partial charge in [-0.3, -0.25) is 4.79 Å². The average Bonchev–Trinajstić information content (AvgIpc) is 3.17. The number of rotatable bonds is 6. The molecule has 0 saturated carbocycles. The highest BCUT2D eigenvalue weighted by Crippen LogP contribution is 2.17. The molecule has 0 bridgehead atoms. The van der Waals surface area contributed by atoms with Crippen molar-refractivity contribution in [3.8, 4) is 5.82 Å². The largest absolute Gasteiger partial charge is 0.396 e. The Labute approximate surface area is 140 Å². The summed E-state index contributed by atoms with van der Waals surface area (Å²) in [5, 5.41) is 12.2. The van der Waals surface area contributed by atoms with E-state index < -0.39 is 0 Å². The van der Waals surface area contributed by atoms with E-state index in [4.69, 9.17) is 0 Å². The van der Waals surface area contributed by atoms with Gasteiger partial charge in [0.15, 0.2) is 0 Å². The SMILES string of the molecule is O=C(NC(CCO)c1ccccc1)c1ccc(-n2cccc2)nc1. The van der Waals surface area contributed by atoms with E-state index in [1.807, 2.05) is 59.4 Å². The van der Waals surface area contributed by atoms with Crippen molar-refractivity contribution in [3.63, 3.8) is 0 Å². The molecule has 2 heterocycles. The van der Waals surface area contributed by atoms with Crippen molar-refractivity contribution in [2.24, 2.45) is 0 Å². The fraction of sp³-hybridized carbons (Fsp3) is 0.158. The van der Waals surface area contributed by atoms with Crippen LogP contribution in [0.15, 0.2) is 73.2 Å². The van der Waals surface area contributed by atoms with Gasteiger partial charge >= 0.3 is 0 Å². The average molecular weight is 321 g/mol. The summed E-state index contributed by atoms with van der Waals surface area (Å²) in [6.45, 7) is 0.00462. The first-order valence-electron chi connectivity index (χ1n) is 7.84. The molecular weight excluding hydrogens is 302 g/mol. The normalized spacial score (nSPS) is 11.9. The predicted octanol–water partition coefficient (Wildman–Crippen LogP) is 2.73. The van der Waals surface area contributed by atoms with Crippen molar-refractivity contribution in [1.82, 2.24) is 14.9 Å². The van der Waals surface area contributed by atoms with Crippen LogP contribution in [0.2, 0.25) is 0 Å². The minimum Gasteiger partial charge on any atom is -0.396 e. The van der Waals surface area contributed by atoms with Gasteiger partial charge in [0.25, 0.3) is 5.91 Å². The predicted molar refractivity (Wildman–Crippen MR) is 91.9 cm³/mol. The maximum Gasteiger partial charge on any atom is 0.253 e. The number of aromatic nitrogens is 2. The zero-order valence-corrected chi connectivity index (χ0v) is 13.2. The number of pyridine rings is 1. The van der Waals surface area contributed by atoms with Gasteiger partial charge in [0, 0.05) is 25.2 Å². The number of benzene rings is 1. The van der Waals surface area contributed by atoms with Gasteiger partial charge < -0.3 is 15.0 Å². The highest BCUT2D eigenvalue weighted by molar-refractivity contribution is 5.94. The van der Waals surface area contributed by atoms with E-state index in [1.165, 1.54) is 0 Å². The molecule has 1 unspecified atom stereocenters. The third-order valence-corrected chi connectivity index (χ3v) is 3.80. The van der Waals surface area contributed by atoms with Crippen molar-refractivity contribution >= 4 is 5.91 Å². The minimum absolute atomic E-state index is 0.00462. The van der Waals surface area contributed by atoms with Gasteiger partial charge in [0.1, 0.15) is 5.82 Å². The molecule has 0 fully saturated rings. The Morgan fingerprint density at radius 2 is 1.83 bits per heavy atom. The number of carbonyl (C=O) groups is 1. The van der Waals surface area contributed by atoms with Crippen molar-refractivity contribution in [3.05, 3.63) is 84.3 Å². The number of carbonyl (C=O) groups excluding carboxylic acids is 1. The summed E-state index contributed by atoms with van der Waals surface area (Å²) >= 11 is 0. The molecule has 5 nitrogen and oxygen atoms in total. The van der Waals surface area contributed by atoms with Crippen LogP contribution in [-0.4, -0.2) is 27.2 Å². The van der Waals surface area contributed by atoms with Gasteiger partial charge in [-0.25, -0.2) is 4.98 Å². The second kappa shape index (κ2) is 7.57. The number of aliphatic hydroxyl groups excluding tert-OH is 1. The van der Waals surface area contributed by atoms with Gasteiger partial charge in [0.05, 0.1) is 11.6 Å². The first-order valence-corrected chi connectivity index (χ1v) is 7.84. The third kappa shape index (κ3) is 3.70. The van der Waals surface area contributed by atoms with E-state index in [2.05, 4.69) is 10.3 Å². The van der Waals surface area contributed by atoms with Crippen LogP contribution in [0.4, 0.5) is 0 Å². The number of nitrogens with one attached hydrogen (secondary N) is 1. The molecule has 0 aliphatic rings. The van der Waals surface area contributed by atoms with Crippen molar-refractivity contribution in [1.29, 1.82) is 0 Å². The van der Waals surface area contributed by atoms with Crippen LogP contribution in [0.3, 0.4) is 0 Å². The lowest BCUT2D eigenvalue weighted by Gasteiger charge is -2.18. The Hall–Kier alpha value is -2.92. The maximum absolute atomic E-state index is 12.5. The molecule has 1 amide bonds. The molecule has 5 heteroatoms. The van der Waals surface area contributed by atoms with Crippen LogP contribution in [0, 0.1) is 0 Å². The maximum atomic E-state index is 12.5. The van der Waals surface area contributed by atoms with E-state index in [9.17, 15) is 9.90 Å². The summed E-state index contributed by atoms with van der Waals surface area (Å²) in [5.41, 5.74) is 1.46. The Morgan fingerprint density at radius 1 is 1.08 bits per heavy atom. The molecular formula is C19H19N3O2. The van der Waals surface area contributed by atoms with Crippen LogP contribution in [0.5, 0.6) is 0 Å². The summed E-state index contributed by atoms with van der Waals surface area (Å²) in [6, 6.07) is 16.8. The highest BCUT2D eigenvalue weighted by Gasteiger charge is 2.15. The minimum atomic E-state index is -0.229. The topological polar surface area (TPSA) is 67.2 Å². The standard InChI is InChI=1S/C19H19N3O2/c23-13-10-17(15-6-2-1-3-7-15)21-19(24)16-8-9-18(20-14-16)22-11-4-5-12-22/h1-9,11-12,14,17,23H,10,13H2,(H,21,24). The Balaban J connectivity index is 1.73. The van der Waals surface area contributed by atoms with Crippen LogP contribution < -0.4 is 5.32 Å². The van der Waals surface area contributed by atoms with Gasteiger partial charge in [-0.15, -0.1) is 0 Å². The summed E-state index contributed by atoms with van der Waals surface area (Å²) in [5.74, 6) is 0.551. The fourth-order valence-corrected chi connectivity index (χ4v) is 2.54. The second-order valence-corrected chi connectivity index (χ2v) is 5.44. The van der Waals surface area contributed by atoms with E-state index in [-0.39, 0.29) is 18.6 Å². The molecule has 122 valence electrons. The number of amides is 1. The number of nitrogens with zero attached hydrogens (tertiary/aromatic N) is 2. The van der Waals surface area contributed by atoms with Crippen molar-refractivity contribution in [2.45, 2.75) is 12.5 Å². The van der Waals surface area contributed by atoms with Crippen molar-refractivity contribution < 1.29 is 9.90 Å². The van der Waals surface area contributed by atoms with Gasteiger partial charge in [0.2, 0.25) is 0 Å². The van der Waals surface area contributed by atoms with Crippen LogP contribution in [-0.2, 0) is 0 Å². The fourth-order valence-electron chi connectivity index (χ4n) is 2.54. The first-order chi connectivity index (χ1) is 11.8. The van der Waals surface area contributed by atoms with Gasteiger partial charge in [-0.2, -0.15) is 0 Å². The zero-order chi connectivity index (χ0) is 16.8. The van der Waals surface area contributed by atoms with Crippen LogP contribution in [0.1, 0.15) is 28.4 Å². The molecule has 0 aliphatic heterocycles. The molecule has 0 spiro atoms. The lowest BCUT2D eigenvalue weighted by atomic mass is 10.0.